The average Bonchev–Trinajstić information content (AvgIpc) is 2.53. The van der Waals surface area contributed by atoms with E-state index in [0.717, 1.165) is 27.1 Å². The van der Waals surface area contributed by atoms with Gasteiger partial charge in [0.2, 0.25) is 5.52 Å². The molecule has 4 aromatic rings. The van der Waals surface area contributed by atoms with Crippen molar-refractivity contribution in [3.05, 3.63) is 54.9 Å². The lowest BCUT2D eigenvalue weighted by Gasteiger charge is -2.06. The van der Waals surface area contributed by atoms with Crippen molar-refractivity contribution in [1.82, 2.24) is 0 Å². The van der Waals surface area contributed by atoms with E-state index in [1.807, 2.05) is 41.1 Å². The molecule has 108 valence electrons. The molecule has 0 spiro atoms. The van der Waals surface area contributed by atoms with Crippen LogP contribution >= 0.6 is 0 Å². The Morgan fingerprint density at radius 2 is 1.73 bits per heavy atom. The summed E-state index contributed by atoms with van der Waals surface area (Å²) in [5.74, 6) is 0.846. The highest BCUT2D eigenvalue weighted by Crippen LogP contribution is 2.34. The van der Waals surface area contributed by atoms with Crippen molar-refractivity contribution in [2.75, 3.05) is 7.11 Å². The van der Waals surface area contributed by atoms with E-state index in [1.54, 1.807) is 18.2 Å². The maximum atomic E-state index is 10.3. The minimum absolute atomic E-state index is 0.139. The van der Waals surface area contributed by atoms with Crippen LogP contribution in [0.25, 0.3) is 27.1 Å². The molecule has 0 amide bonds. The molecule has 2 aromatic heterocycles. The molecule has 2 heterocycles. The van der Waals surface area contributed by atoms with Crippen LogP contribution in [0.1, 0.15) is 0 Å². The van der Waals surface area contributed by atoms with Crippen LogP contribution in [0.3, 0.4) is 0 Å². The minimum atomic E-state index is 0.139. The number of fused-ring (bicyclic) bond motifs is 4. The highest BCUT2D eigenvalue weighted by atomic mass is 16.5. The van der Waals surface area contributed by atoms with E-state index >= 15 is 0 Å². The minimum Gasteiger partial charge on any atom is -0.508 e. The number of aromatic hydroxyl groups is 2. The smallest absolute Gasteiger partial charge is 0.219 e. The predicted octanol–water partition coefficient (Wildman–Crippen LogP) is 3.15. The second-order valence-corrected chi connectivity index (χ2v) is 5.27. The van der Waals surface area contributed by atoms with E-state index in [1.165, 1.54) is 7.11 Å². The summed E-state index contributed by atoms with van der Waals surface area (Å²) in [6.07, 6.45) is 3.80. The number of methoxy groups -OCH3 is 1. The lowest BCUT2D eigenvalue weighted by molar-refractivity contribution is -0.509. The Labute approximate surface area is 126 Å². The van der Waals surface area contributed by atoms with E-state index in [4.69, 9.17) is 4.74 Å². The Morgan fingerprint density at radius 3 is 2.55 bits per heavy atom. The van der Waals surface area contributed by atoms with Gasteiger partial charge >= 0.3 is 0 Å². The van der Waals surface area contributed by atoms with Gasteiger partial charge in [-0.25, -0.2) is 0 Å². The van der Waals surface area contributed by atoms with Gasteiger partial charge in [0, 0.05) is 12.1 Å². The van der Waals surface area contributed by atoms with E-state index in [9.17, 15) is 10.2 Å². The monoisotopic (exact) mass is 292 g/mol. The number of ether oxygens (including phenoxy) is 1. The van der Waals surface area contributed by atoms with Crippen molar-refractivity contribution < 1.29 is 19.4 Å². The van der Waals surface area contributed by atoms with Crippen LogP contribution in [0.2, 0.25) is 0 Å². The summed E-state index contributed by atoms with van der Waals surface area (Å²) in [7, 11) is 1.54. The van der Waals surface area contributed by atoms with E-state index in [2.05, 4.69) is 0 Å². The number of phenolic OH excluding ortho intramolecular Hbond substituents is 2. The molecule has 0 atom stereocenters. The molecule has 0 unspecified atom stereocenters. The van der Waals surface area contributed by atoms with Crippen molar-refractivity contribution in [2.24, 2.45) is 0 Å². The maximum Gasteiger partial charge on any atom is 0.219 e. The Balaban J connectivity index is 2.14. The van der Waals surface area contributed by atoms with E-state index in [-0.39, 0.29) is 11.5 Å². The van der Waals surface area contributed by atoms with Gasteiger partial charge in [-0.3, -0.25) is 0 Å². The van der Waals surface area contributed by atoms with Crippen LogP contribution in [0.15, 0.2) is 54.9 Å². The van der Waals surface area contributed by atoms with Crippen LogP contribution in [0.4, 0.5) is 0 Å². The second-order valence-electron chi connectivity index (χ2n) is 5.27. The van der Waals surface area contributed by atoms with Gasteiger partial charge < -0.3 is 14.9 Å². The van der Waals surface area contributed by atoms with Gasteiger partial charge in [0.1, 0.15) is 5.75 Å². The summed E-state index contributed by atoms with van der Waals surface area (Å²) in [5.41, 5.74) is 1.01. The van der Waals surface area contributed by atoms with E-state index in [0.29, 0.717) is 5.75 Å². The molecule has 4 heteroatoms. The van der Waals surface area contributed by atoms with Crippen molar-refractivity contribution in [2.45, 2.75) is 0 Å². The topological polar surface area (TPSA) is 53.8 Å². The number of aromatic nitrogens is 1. The molecule has 4 nitrogen and oxygen atoms in total. The van der Waals surface area contributed by atoms with Crippen LogP contribution in [-0.4, -0.2) is 17.3 Å². The van der Waals surface area contributed by atoms with Gasteiger partial charge in [-0.05, 0) is 41.1 Å². The standard InChI is InChI=1S/C18H13NO3/c1-22-17-5-2-11-9-16-14-4-3-13(20)8-12(14)6-7-19(16)10-15(11)18(17)21/h2-10H,1H3,(H,20,21)/p+1. The highest BCUT2D eigenvalue weighted by molar-refractivity contribution is 5.99. The number of benzene rings is 2. The number of nitrogens with zero attached hydrogens (tertiary/aromatic N) is 1. The summed E-state index contributed by atoms with van der Waals surface area (Å²) in [6, 6.07) is 13.0. The molecule has 0 fully saturated rings. The Kier molecular flexibility index (Phi) is 2.60. The molecule has 0 saturated carbocycles. The lowest BCUT2D eigenvalue weighted by atomic mass is 10.1. The molecule has 0 aliphatic heterocycles. The predicted molar refractivity (Wildman–Crippen MR) is 84.5 cm³/mol. The first-order valence-electron chi connectivity index (χ1n) is 6.94. The van der Waals surface area contributed by atoms with E-state index < -0.39 is 0 Å². The Bertz CT molecular complexity index is 1040. The maximum absolute atomic E-state index is 10.3. The van der Waals surface area contributed by atoms with Gasteiger partial charge in [-0.15, -0.1) is 0 Å². The SMILES string of the molecule is COc1ccc2cc3c4ccc(O)cc4cc[n+]3cc2c1O. The fourth-order valence-electron chi connectivity index (χ4n) is 2.88. The molecule has 0 aliphatic carbocycles. The molecule has 22 heavy (non-hydrogen) atoms. The van der Waals surface area contributed by atoms with Crippen molar-refractivity contribution in [3.8, 4) is 17.2 Å². The quantitative estimate of drug-likeness (QED) is 0.322. The summed E-state index contributed by atoms with van der Waals surface area (Å²) in [5, 5.41) is 23.6. The normalized spacial score (nSPS) is 11.3. The van der Waals surface area contributed by atoms with Gasteiger partial charge in [-0.1, -0.05) is 0 Å². The number of hydrogen-bond donors (Lipinski definition) is 2. The third-order valence-electron chi connectivity index (χ3n) is 4.00. The highest BCUT2D eigenvalue weighted by Gasteiger charge is 2.14. The van der Waals surface area contributed by atoms with Crippen molar-refractivity contribution >= 4 is 27.1 Å². The first-order valence-corrected chi connectivity index (χ1v) is 6.94. The molecular weight excluding hydrogens is 278 g/mol. The largest absolute Gasteiger partial charge is 0.508 e. The lowest BCUT2D eigenvalue weighted by Crippen LogP contribution is -2.20. The Hall–Kier alpha value is -3.01. The number of rotatable bonds is 1. The molecule has 2 N–H and O–H groups in total. The summed E-state index contributed by atoms with van der Waals surface area (Å²) in [4.78, 5) is 0. The molecular formula is C18H14NO3+. The number of pyridine rings is 2. The van der Waals surface area contributed by atoms with Crippen LogP contribution in [-0.2, 0) is 0 Å². The molecule has 0 aliphatic rings. The van der Waals surface area contributed by atoms with Crippen molar-refractivity contribution in [3.63, 3.8) is 0 Å². The zero-order chi connectivity index (χ0) is 15.3. The molecule has 0 radical (unpaired) electrons. The fraction of sp³-hybridized carbons (Fsp3) is 0.0556. The van der Waals surface area contributed by atoms with Crippen LogP contribution in [0, 0.1) is 0 Å². The number of hydrogen-bond acceptors (Lipinski definition) is 3. The van der Waals surface area contributed by atoms with Gasteiger partial charge in [-0.2, -0.15) is 4.40 Å². The average molecular weight is 292 g/mol. The van der Waals surface area contributed by atoms with Crippen LogP contribution < -0.4 is 9.14 Å². The fourth-order valence-corrected chi connectivity index (χ4v) is 2.88. The molecule has 0 bridgehead atoms. The third-order valence-corrected chi connectivity index (χ3v) is 4.00. The summed E-state index contributed by atoms with van der Waals surface area (Å²) >= 11 is 0. The van der Waals surface area contributed by atoms with Crippen molar-refractivity contribution in [1.29, 1.82) is 0 Å². The number of phenols is 2. The molecule has 0 saturated heterocycles. The van der Waals surface area contributed by atoms with Gasteiger partial charge in [0.05, 0.1) is 17.9 Å². The molecule has 4 rings (SSSR count). The summed E-state index contributed by atoms with van der Waals surface area (Å²) < 4.78 is 7.12. The Morgan fingerprint density at radius 1 is 0.909 bits per heavy atom. The van der Waals surface area contributed by atoms with Gasteiger partial charge in [0.15, 0.2) is 23.9 Å². The van der Waals surface area contributed by atoms with Gasteiger partial charge in [0.25, 0.3) is 0 Å². The van der Waals surface area contributed by atoms with Crippen LogP contribution in [0.5, 0.6) is 17.2 Å². The first kappa shape index (κ1) is 12.7. The zero-order valence-corrected chi connectivity index (χ0v) is 11.9. The zero-order valence-electron chi connectivity index (χ0n) is 11.9. The molecule has 2 aromatic carbocycles. The third kappa shape index (κ3) is 1.74. The second kappa shape index (κ2) is 4.49. The summed E-state index contributed by atoms with van der Waals surface area (Å²) in [6.45, 7) is 0. The first-order chi connectivity index (χ1) is 10.7.